The van der Waals surface area contributed by atoms with Gasteiger partial charge in [-0.25, -0.2) is 4.79 Å². The highest BCUT2D eigenvalue weighted by atomic mass is 16.5. The van der Waals surface area contributed by atoms with Crippen LogP contribution in [0, 0.1) is 12.3 Å². The molecular formula is C18H24N2O2. The first-order valence-corrected chi connectivity index (χ1v) is 8.38. The van der Waals surface area contributed by atoms with Gasteiger partial charge >= 0.3 is 5.97 Å². The fraction of sp³-hybridized carbons (Fsp3) is 0.611. The van der Waals surface area contributed by atoms with Gasteiger partial charge in [0, 0.05) is 25.2 Å². The van der Waals surface area contributed by atoms with Gasteiger partial charge in [0.05, 0.1) is 5.56 Å². The molecule has 1 spiro atoms. The number of ether oxygens (including phenoxy) is 1. The van der Waals surface area contributed by atoms with Gasteiger partial charge in [0.1, 0.15) is 6.61 Å². The number of nitrogens with one attached hydrogen (secondary N) is 1. The molecule has 0 aliphatic carbocycles. The third-order valence-corrected chi connectivity index (χ3v) is 5.89. The lowest BCUT2D eigenvalue weighted by Gasteiger charge is -2.48. The van der Waals surface area contributed by atoms with Crippen molar-refractivity contribution in [3.05, 3.63) is 34.4 Å². The van der Waals surface area contributed by atoms with Crippen LogP contribution in [-0.4, -0.2) is 43.6 Å². The molecule has 4 rings (SSSR count). The summed E-state index contributed by atoms with van der Waals surface area (Å²) in [4.78, 5) is 14.2. The van der Waals surface area contributed by atoms with Crippen molar-refractivity contribution in [2.75, 3.05) is 32.7 Å². The van der Waals surface area contributed by atoms with E-state index in [1.807, 2.05) is 6.07 Å². The van der Waals surface area contributed by atoms with Gasteiger partial charge in [-0.1, -0.05) is 6.07 Å². The molecular weight excluding hydrogens is 276 g/mol. The van der Waals surface area contributed by atoms with Crippen LogP contribution >= 0.6 is 0 Å². The summed E-state index contributed by atoms with van der Waals surface area (Å²) in [5, 5.41) is 3.42. The summed E-state index contributed by atoms with van der Waals surface area (Å²) >= 11 is 0. The molecule has 2 saturated heterocycles. The smallest absolute Gasteiger partial charge is 0.338 e. The molecule has 0 bridgehead atoms. The summed E-state index contributed by atoms with van der Waals surface area (Å²) in [6, 6.07) is 4.06. The largest absolute Gasteiger partial charge is 0.457 e. The fourth-order valence-electron chi connectivity index (χ4n) is 4.03. The predicted octanol–water partition coefficient (Wildman–Crippen LogP) is 1.89. The van der Waals surface area contributed by atoms with E-state index in [1.54, 1.807) is 0 Å². The number of esters is 1. The van der Waals surface area contributed by atoms with E-state index in [2.05, 4.69) is 23.2 Å². The van der Waals surface area contributed by atoms with Crippen molar-refractivity contribution in [3.8, 4) is 0 Å². The van der Waals surface area contributed by atoms with Crippen molar-refractivity contribution < 1.29 is 9.53 Å². The van der Waals surface area contributed by atoms with E-state index in [0.29, 0.717) is 12.0 Å². The van der Waals surface area contributed by atoms with Gasteiger partial charge in [-0.2, -0.15) is 0 Å². The number of cyclic esters (lactones) is 1. The second-order valence-electron chi connectivity index (χ2n) is 7.15. The third-order valence-electron chi connectivity index (χ3n) is 5.89. The molecule has 0 atom stereocenters. The Labute approximate surface area is 131 Å². The molecule has 0 amide bonds. The Kier molecular flexibility index (Phi) is 3.46. The van der Waals surface area contributed by atoms with Gasteiger partial charge in [-0.15, -0.1) is 0 Å². The maximum Gasteiger partial charge on any atom is 0.338 e. The minimum absolute atomic E-state index is 0.167. The summed E-state index contributed by atoms with van der Waals surface area (Å²) in [6.45, 7) is 8.60. The zero-order valence-corrected chi connectivity index (χ0v) is 13.3. The van der Waals surface area contributed by atoms with Gasteiger partial charge in [-0.3, -0.25) is 0 Å². The Hall–Kier alpha value is -1.39. The molecule has 2 fully saturated rings. The summed E-state index contributed by atoms with van der Waals surface area (Å²) in [7, 11) is 0. The molecule has 3 heterocycles. The van der Waals surface area contributed by atoms with E-state index in [9.17, 15) is 4.79 Å². The minimum atomic E-state index is -0.167. The van der Waals surface area contributed by atoms with Gasteiger partial charge in [0.2, 0.25) is 0 Å². The number of nitrogens with zero attached hydrogens (tertiary/aromatic N) is 1. The molecule has 118 valence electrons. The number of piperidine rings is 1. The second-order valence-corrected chi connectivity index (χ2v) is 7.15. The lowest BCUT2D eigenvalue weighted by Crippen LogP contribution is -2.58. The monoisotopic (exact) mass is 300 g/mol. The summed E-state index contributed by atoms with van der Waals surface area (Å²) in [6.07, 6.45) is 3.75. The summed E-state index contributed by atoms with van der Waals surface area (Å²) in [5.74, 6) is -0.167. The standard InChI is InChI=1S/C18H24N2O2/c1-13-14(2-3-15-16(13)10-22-17(15)21)4-7-20-8-5-18(6-9-20)11-19-12-18/h2-3,19H,4-12H2,1H3. The number of rotatable bonds is 3. The first-order valence-electron chi connectivity index (χ1n) is 8.38. The van der Waals surface area contributed by atoms with Gasteiger partial charge in [0.15, 0.2) is 0 Å². The van der Waals surface area contributed by atoms with E-state index in [0.717, 1.165) is 24.1 Å². The molecule has 0 radical (unpaired) electrons. The van der Waals surface area contributed by atoms with Crippen LogP contribution in [0.25, 0.3) is 0 Å². The van der Waals surface area contributed by atoms with Gasteiger partial charge < -0.3 is 15.0 Å². The van der Waals surface area contributed by atoms with Crippen molar-refractivity contribution in [1.82, 2.24) is 10.2 Å². The van der Waals surface area contributed by atoms with E-state index >= 15 is 0 Å². The van der Waals surface area contributed by atoms with Crippen molar-refractivity contribution in [3.63, 3.8) is 0 Å². The fourth-order valence-corrected chi connectivity index (χ4v) is 4.03. The molecule has 22 heavy (non-hydrogen) atoms. The third kappa shape index (κ3) is 2.34. The number of carbonyl (C=O) groups excluding carboxylic acids is 1. The lowest BCUT2D eigenvalue weighted by molar-refractivity contribution is 0.0534. The number of hydrogen-bond acceptors (Lipinski definition) is 4. The molecule has 1 aromatic rings. The van der Waals surface area contributed by atoms with Crippen molar-refractivity contribution in [2.24, 2.45) is 5.41 Å². The molecule has 4 nitrogen and oxygen atoms in total. The van der Waals surface area contributed by atoms with Crippen LogP contribution < -0.4 is 5.32 Å². The quantitative estimate of drug-likeness (QED) is 0.866. The SMILES string of the molecule is Cc1c(CCN2CCC3(CC2)CNC3)ccc2c1COC2=O. The average molecular weight is 300 g/mol. The average Bonchev–Trinajstić information content (AvgIpc) is 2.88. The molecule has 1 N–H and O–H groups in total. The number of likely N-dealkylation sites (tertiary alicyclic amines) is 1. The second kappa shape index (κ2) is 5.36. The molecule has 1 aromatic carbocycles. The highest BCUT2D eigenvalue weighted by Gasteiger charge is 2.39. The molecule has 3 aliphatic rings. The molecule has 0 aromatic heterocycles. The van der Waals surface area contributed by atoms with Crippen LogP contribution in [0.3, 0.4) is 0 Å². The van der Waals surface area contributed by atoms with Crippen LogP contribution in [-0.2, 0) is 17.8 Å². The number of hydrogen-bond donors (Lipinski definition) is 1. The van der Waals surface area contributed by atoms with Gasteiger partial charge in [0.25, 0.3) is 0 Å². The molecule has 4 heteroatoms. The normalized spacial score (nSPS) is 23.2. The maximum absolute atomic E-state index is 11.6. The Morgan fingerprint density at radius 3 is 2.73 bits per heavy atom. The summed E-state index contributed by atoms with van der Waals surface area (Å²) in [5.41, 5.74) is 5.10. The number of carbonyl (C=O) groups is 1. The topological polar surface area (TPSA) is 41.6 Å². The van der Waals surface area contributed by atoms with Crippen LogP contribution in [0.4, 0.5) is 0 Å². The highest BCUT2D eigenvalue weighted by Crippen LogP contribution is 2.35. The van der Waals surface area contributed by atoms with E-state index in [4.69, 9.17) is 4.74 Å². The van der Waals surface area contributed by atoms with Crippen LogP contribution in [0.5, 0.6) is 0 Å². The van der Waals surface area contributed by atoms with Crippen LogP contribution in [0.2, 0.25) is 0 Å². The first kappa shape index (κ1) is 14.2. The number of benzene rings is 1. The van der Waals surface area contributed by atoms with Crippen molar-refractivity contribution in [2.45, 2.75) is 32.8 Å². The van der Waals surface area contributed by atoms with Crippen molar-refractivity contribution in [1.29, 1.82) is 0 Å². The Morgan fingerprint density at radius 2 is 2.05 bits per heavy atom. The zero-order valence-electron chi connectivity index (χ0n) is 13.3. The van der Waals surface area contributed by atoms with E-state index < -0.39 is 0 Å². The van der Waals surface area contributed by atoms with Crippen molar-refractivity contribution >= 4 is 5.97 Å². The summed E-state index contributed by atoms with van der Waals surface area (Å²) < 4.78 is 5.14. The van der Waals surface area contributed by atoms with E-state index in [-0.39, 0.29) is 5.97 Å². The first-order chi connectivity index (χ1) is 10.7. The zero-order chi connectivity index (χ0) is 15.2. The van der Waals surface area contributed by atoms with Crippen LogP contribution in [0.15, 0.2) is 12.1 Å². The predicted molar refractivity (Wildman–Crippen MR) is 85.0 cm³/mol. The van der Waals surface area contributed by atoms with Crippen LogP contribution in [0.1, 0.15) is 39.9 Å². The Morgan fingerprint density at radius 1 is 1.27 bits per heavy atom. The minimum Gasteiger partial charge on any atom is -0.457 e. The Balaban J connectivity index is 1.37. The maximum atomic E-state index is 11.6. The number of fused-ring (bicyclic) bond motifs is 1. The highest BCUT2D eigenvalue weighted by molar-refractivity contribution is 5.93. The molecule has 0 unspecified atom stereocenters. The molecule has 0 saturated carbocycles. The van der Waals surface area contributed by atoms with Gasteiger partial charge in [-0.05, 0) is 61.9 Å². The molecule has 3 aliphatic heterocycles. The Bertz CT molecular complexity index is 597. The lowest BCUT2D eigenvalue weighted by atomic mass is 9.73. The van der Waals surface area contributed by atoms with E-state index in [1.165, 1.54) is 50.1 Å².